The van der Waals surface area contributed by atoms with Crippen LogP contribution in [0, 0.1) is 5.41 Å². The molecule has 0 unspecified atom stereocenters. The summed E-state index contributed by atoms with van der Waals surface area (Å²) in [6.07, 6.45) is 1.13. The molecule has 0 spiro atoms. The van der Waals surface area contributed by atoms with E-state index in [-0.39, 0.29) is 12.6 Å². The van der Waals surface area contributed by atoms with Gasteiger partial charge in [-0.05, 0) is 25.3 Å². The molecule has 0 saturated heterocycles. The summed E-state index contributed by atoms with van der Waals surface area (Å²) in [7, 11) is 0. The molecular weight excluding hydrogens is 206 g/mol. The molecule has 0 amide bonds. The Balaban J connectivity index is 3.19. The maximum absolute atomic E-state index is 10.9. The molecule has 0 aliphatic carbocycles. The number of carbonyl (C=O) groups is 1. The van der Waals surface area contributed by atoms with Crippen LogP contribution in [-0.4, -0.2) is 38.9 Å². The van der Waals surface area contributed by atoms with Crippen molar-refractivity contribution in [1.29, 1.82) is 0 Å². The number of nitrogens with one attached hydrogen (secondary N) is 1. The minimum absolute atomic E-state index is 0.0504. The summed E-state index contributed by atoms with van der Waals surface area (Å²) in [4.78, 5) is 10.9. The third kappa shape index (κ3) is 11.5. The molecule has 0 saturated carbocycles. The van der Waals surface area contributed by atoms with Crippen molar-refractivity contribution in [2.45, 2.75) is 34.1 Å². The molecule has 0 bridgehead atoms. The number of hydrogen-bond donors (Lipinski definition) is 1. The van der Waals surface area contributed by atoms with Gasteiger partial charge < -0.3 is 14.8 Å². The molecule has 1 N–H and O–H groups in total. The summed E-state index contributed by atoms with van der Waals surface area (Å²) in [5, 5.41) is 3.27. The highest BCUT2D eigenvalue weighted by molar-refractivity contribution is 5.70. The maximum Gasteiger partial charge on any atom is 0.332 e. The number of rotatable bonds is 8. The maximum atomic E-state index is 10.9. The van der Waals surface area contributed by atoms with E-state index < -0.39 is 0 Å². The molecule has 0 fully saturated rings. The van der Waals surface area contributed by atoms with Gasteiger partial charge in [-0.1, -0.05) is 20.8 Å². The van der Waals surface area contributed by atoms with Crippen LogP contribution in [0.5, 0.6) is 0 Å². The van der Waals surface area contributed by atoms with Crippen LogP contribution in [0.1, 0.15) is 34.1 Å². The van der Waals surface area contributed by atoms with E-state index in [0.29, 0.717) is 18.6 Å². The topological polar surface area (TPSA) is 47.6 Å². The number of ether oxygens (including phenoxy) is 2. The smallest absolute Gasteiger partial charge is 0.332 e. The fourth-order valence-corrected chi connectivity index (χ4v) is 1.09. The summed E-state index contributed by atoms with van der Waals surface area (Å²) in [6, 6.07) is 0. The fourth-order valence-electron chi connectivity index (χ4n) is 1.09. The average Bonchev–Trinajstić information content (AvgIpc) is 2.15. The van der Waals surface area contributed by atoms with Crippen LogP contribution in [0.25, 0.3) is 0 Å². The van der Waals surface area contributed by atoms with Crippen LogP contribution in [0.4, 0.5) is 0 Å². The summed E-state index contributed by atoms with van der Waals surface area (Å²) < 4.78 is 9.87. The van der Waals surface area contributed by atoms with Gasteiger partial charge in [0, 0.05) is 6.54 Å². The lowest BCUT2D eigenvalue weighted by Crippen LogP contribution is -2.25. The fraction of sp³-hybridized carbons (Fsp3) is 0.917. The number of esters is 1. The summed E-state index contributed by atoms with van der Waals surface area (Å²) in [5.74, 6) is -0.294. The lowest BCUT2D eigenvalue weighted by Gasteiger charge is -2.17. The molecule has 96 valence electrons. The van der Waals surface area contributed by atoms with Gasteiger partial charge >= 0.3 is 5.97 Å². The summed E-state index contributed by atoms with van der Waals surface area (Å²) in [6.45, 7) is 11.2. The predicted molar refractivity (Wildman–Crippen MR) is 64.4 cm³/mol. The van der Waals surface area contributed by atoms with E-state index in [1.807, 2.05) is 0 Å². The van der Waals surface area contributed by atoms with Gasteiger partial charge in [0.05, 0.1) is 13.2 Å². The van der Waals surface area contributed by atoms with Gasteiger partial charge in [0.25, 0.3) is 0 Å². The SMILES string of the molecule is CCOC(=O)COCCNCCC(C)(C)C. The van der Waals surface area contributed by atoms with Crippen molar-refractivity contribution in [2.24, 2.45) is 5.41 Å². The van der Waals surface area contributed by atoms with E-state index in [2.05, 4.69) is 26.1 Å². The van der Waals surface area contributed by atoms with E-state index in [9.17, 15) is 4.79 Å². The van der Waals surface area contributed by atoms with Gasteiger partial charge in [0.2, 0.25) is 0 Å². The quantitative estimate of drug-likeness (QED) is 0.509. The van der Waals surface area contributed by atoms with Crippen LogP contribution in [-0.2, 0) is 14.3 Å². The Labute approximate surface area is 98.7 Å². The molecular formula is C12H25NO3. The predicted octanol–water partition coefficient (Wildman–Crippen LogP) is 1.59. The standard InChI is InChI=1S/C12H25NO3/c1-5-16-11(14)10-15-9-8-13-7-6-12(2,3)4/h13H,5-10H2,1-4H3. The molecule has 4 nitrogen and oxygen atoms in total. The van der Waals surface area contributed by atoms with Gasteiger partial charge in [-0.15, -0.1) is 0 Å². The van der Waals surface area contributed by atoms with Gasteiger partial charge in [-0.2, -0.15) is 0 Å². The van der Waals surface area contributed by atoms with Crippen molar-refractivity contribution in [3.8, 4) is 0 Å². The second-order valence-corrected chi connectivity index (χ2v) is 4.92. The lowest BCUT2D eigenvalue weighted by molar-refractivity contribution is -0.148. The first kappa shape index (κ1) is 15.4. The third-order valence-corrected chi connectivity index (χ3v) is 2.00. The Morgan fingerprint density at radius 3 is 2.50 bits per heavy atom. The molecule has 0 heterocycles. The zero-order valence-electron chi connectivity index (χ0n) is 11.0. The van der Waals surface area contributed by atoms with Crippen molar-refractivity contribution in [2.75, 3.05) is 32.9 Å². The molecule has 0 aromatic carbocycles. The third-order valence-electron chi connectivity index (χ3n) is 2.00. The molecule has 0 aromatic heterocycles. The van der Waals surface area contributed by atoms with Gasteiger partial charge in [-0.3, -0.25) is 0 Å². The first-order valence-corrected chi connectivity index (χ1v) is 5.90. The lowest BCUT2D eigenvalue weighted by atomic mass is 9.92. The van der Waals surface area contributed by atoms with Gasteiger partial charge in [0.15, 0.2) is 0 Å². The monoisotopic (exact) mass is 231 g/mol. The Bertz CT molecular complexity index is 187. The minimum Gasteiger partial charge on any atom is -0.464 e. The highest BCUT2D eigenvalue weighted by Gasteiger charge is 2.08. The first-order valence-electron chi connectivity index (χ1n) is 5.90. The second kappa shape index (κ2) is 8.53. The zero-order valence-corrected chi connectivity index (χ0v) is 11.0. The minimum atomic E-state index is -0.294. The largest absolute Gasteiger partial charge is 0.464 e. The molecule has 0 rings (SSSR count). The average molecular weight is 231 g/mol. The Morgan fingerprint density at radius 2 is 1.94 bits per heavy atom. The molecule has 0 aliphatic heterocycles. The molecule has 4 heteroatoms. The summed E-state index contributed by atoms with van der Waals surface area (Å²) in [5.41, 5.74) is 0.360. The van der Waals surface area contributed by atoms with E-state index in [0.717, 1.165) is 19.5 Å². The number of hydrogen-bond acceptors (Lipinski definition) is 4. The van der Waals surface area contributed by atoms with Crippen molar-refractivity contribution in [3.05, 3.63) is 0 Å². The Morgan fingerprint density at radius 1 is 1.25 bits per heavy atom. The van der Waals surface area contributed by atoms with Crippen LogP contribution in [0.3, 0.4) is 0 Å². The highest BCUT2D eigenvalue weighted by Crippen LogP contribution is 2.16. The molecule has 0 aromatic rings. The van der Waals surface area contributed by atoms with Gasteiger partial charge in [0.1, 0.15) is 6.61 Å². The molecule has 0 atom stereocenters. The number of carbonyl (C=O) groups excluding carboxylic acids is 1. The first-order chi connectivity index (χ1) is 7.45. The zero-order chi connectivity index (χ0) is 12.4. The normalized spacial score (nSPS) is 11.5. The van der Waals surface area contributed by atoms with Crippen LogP contribution in [0.2, 0.25) is 0 Å². The molecule has 0 aliphatic rings. The van der Waals surface area contributed by atoms with Crippen molar-refractivity contribution in [3.63, 3.8) is 0 Å². The van der Waals surface area contributed by atoms with E-state index >= 15 is 0 Å². The van der Waals surface area contributed by atoms with Crippen LogP contribution in [0.15, 0.2) is 0 Å². The van der Waals surface area contributed by atoms with E-state index in [1.54, 1.807) is 6.92 Å². The Kier molecular flexibility index (Phi) is 8.21. The van der Waals surface area contributed by atoms with Crippen LogP contribution < -0.4 is 5.32 Å². The van der Waals surface area contributed by atoms with Crippen LogP contribution >= 0.6 is 0 Å². The summed E-state index contributed by atoms with van der Waals surface area (Å²) >= 11 is 0. The second-order valence-electron chi connectivity index (χ2n) is 4.92. The highest BCUT2D eigenvalue weighted by atomic mass is 16.6. The Hall–Kier alpha value is -0.610. The molecule has 0 radical (unpaired) electrons. The van der Waals surface area contributed by atoms with Crippen molar-refractivity contribution in [1.82, 2.24) is 5.32 Å². The van der Waals surface area contributed by atoms with Gasteiger partial charge in [-0.25, -0.2) is 4.79 Å². The van der Waals surface area contributed by atoms with E-state index in [1.165, 1.54) is 0 Å². The van der Waals surface area contributed by atoms with Crippen molar-refractivity contribution >= 4 is 5.97 Å². The molecule has 16 heavy (non-hydrogen) atoms. The van der Waals surface area contributed by atoms with E-state index in [4.69, 9.17) is 9.47 Å². The van der Waals surface area contributed by atoms with Crippen molar-refractivity contribution < 1.29 is 14.3 Å².